The first-order chi connectivity index (χ1) is 65.3. The van der Waals surface area contributed by atoms with Crippen LogP contribution in [0, 0.1) is 0 Å². The Hall–Kier alpha value is -2.18. The molecule has 0 radical (unpaired) electrons. The Kier molecular flexibility index (Phi) is 64.8. The highest BCUT2D eigenvalue weighted by Gasteiger charge is 2.60. The van der Waals surface area contributed by atoms with Crippen molar-refractivity contribution in [1.29, 1.82) is 0 Å². The van der Waals surface area contributed by atoms with Crippen LogP contribution < -0.4 is 21.3 Å². The maximum absolute atomic E-state index is 12.7. The number of carbonyl (C=O) groups excluding carboxylic acids is 4. The van der Waals surface area contributed by atoms with E-state index in [9.17, 15) is 140 Å². The first-order valence-corrected chi connectivity index (χ1v) is 59.2. The van der Waals surface area contributed by atoms with Crippen LogP contribution in [0.2, 0.25) is 24.2 Å². The highest BCUT2D eigenvalue weighted by molar-refractivity contribution is 8.02. The zero-order chi connectivity index (χ0) is 102. The number of carboxylic acid groups (broad SMARTS) is 4. The molecule has 4 aliphatic rings. The third-order valence-corrected chi connectivity index (χ3v) is 40.0. The average Bonchev–Trinajstić information content (AvgIpc) is 0.783. The summed E-state index contributed by atoms with van der Waals surface area (Å²) in [5.41, 5.74) is 0. The van der Waals surface area contributed by atoms with Crippen LogP contribution in [-0.2, 0) is 76.3 Å². The summed E-state index contributed by atoms with van der Waals surface area (Å²) in [7, 11) is -2.07. The second-order valence-electron chi connectivity index (χ2n) is 35.4. The molecular weight excluding hydrogens is 1970 g/mol. The van der Waals surface area contributed by atoms with Crippen LogP contribution in [0.15, 0.2) is 0 Å². The molecule has 49 heteroatoms. The van der Waals surface area contributed by atoms with Crippen molar-refractivity contribution in [2.75, 3.05) is 148 Å². The summed E-state index contributed by atoms with van der Waals surface area (Å²) in [6.45, 7) is 5.98. The lowest BCUT2D eigenvalue weighted by Gasteiger charge is -2.46. The van der Waals surface area contributed by atoms with Crippen molar-refractivity contribution in [2.45, 2.75) is 348 Å². The topological polar surface area (TPSA) is 663 Å². The Morgan fingerprint density at radius 2 is 0.467 bits per heavy atom. The van der Waals surface area contributed by atoms with Crippen molar-refractivity contribution in [2.24, 2.45) is 0 Å². The summed E-state index contributed by atoms with van der Waals surface area (Å²) >= 11 is 11.1. The summed E-state index contributed by atoms with van der Waals surface area (Å²) < 4.78 is 48.9. The summed E-state index contributed by atoms with van der Waals surface area (Å²) in [5, 5.41) is 218. The van der Waals surface area contributed by atoms with Crippen molar-refractivity contribution >= 4 is 150 Å². The van der Waals surface area contributed by atoms with Gasteiger partial charge in [0.15, 0.2) is 0 Å². The number of amides is 4. The SMILES string of the molecule is CC(=O)N[C@H]1[C@H]([C@H](O)[C@H](O)CO)O[C@@](SCCCCCSCCCOCCC[Si](CCCOCCCSCCCCCS[C@]2(C(=O)O)C[C@H](O)[C@@H](NC(C)=O)[C@H]([C@H](O)[C@H](O)CO)O2)(CCCOCCCSCCCCCS[C@]2(C(=O)O)C[C@H](O)[C@@H](NC(C)=O)[C@H]([C@H](O)[C@H](O)CO)O2)CCCOCCCSCCCCCS[C@]2(C(=O)O)C[C@H](O)[C@@H](NC(C)=O)[C@H]([C@H](O)[C@H](O)CO)O2)(C(=O)O)C[C@@H]1O. The lowest BCUT2D eigenvalue weighted by atomic mass is 9.90. The van der Waals surface area contributed by atoms with E-state index in [0.717, 1.165) is 220 Å². The molecule has 0 aromatic carbocycles. The number of carbonyl (C=O) groups is 8. The fourth-order valence-corrected chi connectivity index (χ4v) is 30.7. The minimum absolute atomic E-state index is 0.347. The maximum atomic E-state index is 12.7. The van der Waals surface area contributed by atoms with Crippen molar-refractivity contribution in [3.05, 3.63) is 0 Å². The van der Waals surface area contributed by atoms with Crippen LogP contribution >= 0.6 is 94.1 Å². The first-order valence-electron chi connectivity index (χ1n) is 47.8. The zero-order valence-electron chi connectivity index (χ0n) is 79.6. The summed E-state index contributed by atoms with van der Waals surface area (Å²) in [6.07, 6.45) is -11.7. The number of aliphatic hydroxyl groups is 16. The van der Waals surface area contributed by atoms with Crippen LogP contribution in [0.3, 0.4) is 0 Å². The van der Waals surface area contributed by atoms with Gasteiger partial charge in [0.1, 0.15) is 73.2 Å². The van der Waals surface area contributed by atoms with E-state index in [1.807, 2.05) is 0 Å². The summed E-state index contributed by atoms with van der Waals surface area (Å²) in [6, 6.07) is -0.826. The number of aliphatic carboxylic acids is 4. The van der Waals surface area contributed by atoms with Gasteiger partial charge in [-0.2, -0.15) is 47.0 Å². The van der Waals surface area contributed by atoms with Gasteiger partial charge in [-0.25, -0.2) is 19.2 Å². The van der Waals surface area contributed by atoms with Crippen molar-refractivity contribution in [1.82, 2.24) is 21.3 Å². The Labute approximate surface area is 839 Å². The van der Waals surface area contributed by atoms with Crippen LogP contribution in [-0.4, -0.2) is 448 Å². The molecule has 0 spiro atoms. The molecule has 0 aromatic heterocycles. The Balaban J connectivity index is 1.35. The Morgan fingerprint density at radius 3 is 0.642 bits per heavy atom. The van der Waals surface area contributed by atoms with Crippen LogP contribution in [0.5, 0.6) is 0 Å². The fourth-order valence-electron chi connectivity index (χ4n) is 16.8. The molecule has 4 fully saturated rings. The minimum atomic E-state index is -2.07. The number of thioether (sulfide) groups is 8. The third-order valence-electron chi connectivity index (χ3n) is 24.1. The Bertz CT molecular complexity index is 2970. The molecule has 4 saturated heterocycles. The average molecular weight is 2130 g/mol. The van der Waals surface area contributed by atoms with Crippen molar-refractivity contribution in [3.8, 4) is 0 Å². The quantitative estimate of drug-likeness (QED) is 0.0305. The number of unbranched alkanes of at least 4 members (excludes halogenated alkanes) is 8. The van der Waals surface area contributed by atoms with Gasteiger partial charge < -0.3 is 161 Å². The monoisotopic (exact) mass is 2130 g/mol. The molecule has 0 unspecified atom stereocenters. The molecule has 24 atom stereocenters. The van der Waals surface area contributed by atoms with Gasteiger partial charge in [0, 0.05) is 106 Å². The lowest BCUT2D eigenvalue weighted by Crippen LogP contribution is -2.66. The van der Waals surface area contributed by atoms with Crippen LogP contribution in [0.1, 0.15) is 182 Å². The van der Waals surface area contributed by atoms with Gasteiger partial charge in [-0.05, 0) is 172 Å². The fraction of sp³-hybridized carbons (Fsp3) is 0.909. The number of aliphatic hydroxyl groups excluding tert-OH is 16. The lowest BCUT2D eigenvalue weighted by molar-refractivity contribution is -0.205. The number of ether oxygens (including phenoxy) is 8. The molecule has 800 valence electrons. The number of hydrogen-bond acceptors (Lipinski definition) is 40. The second kappa shape index (κ2) is 69.9. The van der Waals surface area contributed by atoms with Crippen molar-refractivity contribution in [3.63, 3.8) is 0 Å². The summed E-state index contributed by atoms with van der Waals surface area (Å²) in [4.78, 5) is 90.8. The van der Waals surface area contributed by atoms with E-state index in [1.54, 1.807) is 47.0 Å². The molecule has 4 amide bonds. The van der Waals surface area contributed by atoms with Crippen molar-refractivity contribution < 1.29 is 178 Å². The highest BCUT2D eigenvalue weighted by atomic mass is 32.2. The molecule has 137 heavy (non-hydrogen) atoms. The van der Waals surface area contributed by atoms with E-state index in [1.165, 1.54) is 27.7 Å². The van der Waals surface area contributed by atoms with Gasteiger partial charge in [-0.1, -0.05) is 49.9 Å². The molecule has 40 nitrogen and oxygen atoms in total. The van der Waals surface area contributed by atoms with E-state index < -0.39 is 249 Å². The summed E-state index contributed by atoms with van der Waals surface area (Å²) in [5.74, 6) is 0.502. The van der Waals surface area contributed by atoms with E-state index in [0.29, 0.717) is 102 Å². The van der Waals surface area contributed by atoms with E-state index in [-0.39, 0.29) is 0 Å². The van der Waals surface area contributed by atoms with Crippen LogP contribution in [0.25, 0.3) is 0 Å². The molecule has 0 aromatic rings. The molecule has 4 aliphatic heterocycles. The number of carboxylic acids is 4. The van der Waals surface area contributed by atoms with E-state index in [4.69, 9.17) is 37.9 Å². The Morgan fingerprint density at radius 1 is 0.292 bits per heavy atom. The standard InChI is InChI=1S/C88H160N4O36S8Si/c1-57(97)89-69-61(101)49-85(81(113)114,125-77(69)73(109)65(105)53-93)133-41-13-5-9-33-129-37-17-25-121-29-21-45-137(46-22-30-122-26-18-38-130-34-10-6-14-42-134-86(82(115)116)50-62(102)70(90-58(2)98)78(126-86)74(110)66(106)54-94,47-23-31-123-27-19-39-131-35-11-7-15-43-135-87(83(117)118)51-63(103)71(91-59(3)99)79(127-87)75(111)67(107)55-95)48-24-32-124-28-20-40-132-36-12-8-16-44-136-88(84(119)120)52-64(104)72(92-60(4)100)80(128-88)76(112)68(108)56-96/h61-80,93-96,101-112H,5-56H2,1-4H3,(H,89,97)(H,90,98)(H,91,99)(H,92,100)(H,113,114)(H,115,116)(H,117,118)(H,119,120)/t61-,62-,63-,64-,65+,66+,67+,68+,69+,70+,71+,72+,73+,74+,75+,76+,77+,78+,79+,80+,85-,86-,87-,88-/m0/s1. The van der Waals surface area contributed by atoms with E-state index in [2.05, 4.69) is 21.3 Å². The third kappa shape index (κ3) is 45.6. The molecular formula is C88H160N4O36S8Si. The van der Waals surface area contributed by atoms with Crippen LogP contribution in [0.4, 0.5) is 0 Å². The van der Waals surface area contributed by atoms with Gasteiger partial charge in [0.25, 0.3) is 0 Å². The van der Waals surface area contributed by atoms with Gasteiger partial charge in [-0.3, -0.25) is 19.2 Å². The number of hydrogen-bond donors (Lipinski definition) is 24. The van der Waals surface area contributed by atoms with Gasteiger partial charge in [0.2, 0.25) is 43.4 Å². The largest absolute Gasteiger partial charge is 0.478 e. The number of nitrogens with one attached hydrogen (secondary N) is 4. The molecule has 24 N–H and O–H groups in total. The maximum Gasteiger partial charge on any atom is 0.346 e. The predicted molar refractivity (Wildman–Crippen MR) is 530 cm³/mol. The second-order valence-corrected chi connectivity index (χ2v) is 50.7. The smallest absolute Gasteiger partial charge is 0.346 e. The molecule has 4 rings (SSSR count). The number of rotatable bonds is 80. The normalized spacial score (nSPS) is 27.1. The highest BCUT2D eigenvalue weighted by Crippen LogP contribution is 2.46. The van der Waals surface area contributed by atoms with E-state index >= 15 is 0 Å². The molecule has 4 heterocycles. The van der Waals surface area contributed by atoms with Gasteiger partial charge >= 0.3 is 23.9 Å². The van der Waals surface area contributed by atoms with Gasteiger partial charge in [0.05, 0.1) is 83.1 Å². The first kappa shape index (κ1) is 127. The minimum Gasteiger partial charge on any atom is -0.478 e. The molecule has 0 bridgehead atoms. The zero-order valence-corrected chi connectivity index (χ0v) is 87.1. The van der Waals surface area contributed by atoms with Gasteiger partial charge in [-0.15, -0.1) is 47.0 Å². The predicted octanol–water partition coefficient (Wildman–Crippen LogP) is 1.77. The molecule has 0 aliphatic carbocycles. The molecule has 0 saturated carbocycles.